The van der Waals surface area contributed by atoms with Crippen molar-refractivity contribution < 1.29 is 9.31 Å². The molecule has 0 radical (unpaired) electrons. The molecule has 0 amide bonds. The van der Waals surface area contributed by atoms with E-state index >= 15 is 0 Å². The van der Waals surface area contributed by atoms with E-state index < -0.39 is 7.12 Å². The number of hydrogen-bond acceptors (Lipinski definition) is 5. The molecular weight excluding hydrogens is 205 g/mol. The van der Waals surface area contributed by atoms with Crippen LogP contribution in [0.1, 0.15) is 34.6 Å². The summed E-state index contributed by atoms with van der Waals surface area (Å²) in [7, 11) is 1.21. The van der Waals surface area contributed by atoms with Gasteiger partial charge >= 0.3 is 7.12 Å². The molecular formula is C10H22BN3O2. The SMILES string of the molecule is C/C(N)=C(\B1OC(C)(C)C(C)(C)O1)N(C)N. The second-order valence-corrected chi connectivity index (χ2v) is 5.27. The van der Waals surface area contributed by atoms with E-state index in [2.05, 4.69) is 0 Å². The van der Waals surface area contributed by atoms with E-state index in [9.17, 15) is 0 Å². The van der Waals surface area contributed by atoms with Crippen LogP contribution in [0.4, 0.5) is 0 Å². The Kier molecular flexibility index (Phi) is 3.29. The number of hydrogen-bond donors (Lipinski definition) is 2. The maximum atomic E-state index is 5.87. The normalized spacial score (nSPS) is 24.3. The minimum atomic E-state index is -0.509. The molecule has 1 saturated heterocycles. The van der Waals surface area contributed by atoms with Gasteiger partial charge in [0, 0.05) is 12.7 Å². The highest BCUT2D eigenvalue weighted by atomic mass is 16.7. The highest BCUT2D eigenvalue weighted by Crippen LogP contribution is 2.38. The zero-order chi connectivity index (χ0) is 12.7. The standard InChI is InChI=1S/C10H22BN3O2/c1-7(12)8(14(6)13)11-15-9(2,3)10(4,5)16-11/h12-13H2,1-6H3/b8-7-. The summed E-state index contributed by atoms with van der Waals surface area (Å²) < 4.78 is 11.7. The first-order valence-electron chi connectivity index (χ1n) is 5.39. The van der Waals surface area contributed by atoms with Crippen LogP contribution in [0.25, 0.3) is 0 Å². The minimum absolute atomic E-state index is 0.381. The molecule has 0 spiro atoms. The van der Waals surface area contributed by atoms with E-state index in [1.807, 2.05) is 27.7 Å². The predicted octanol–water partition coefficient (Wildman–Crippen LogP) is 0.614. The molecule has 5 nitrogen and oxygen atoms in total. The van der Waals surface area contributed by atoms with Gasteiger partial charge in [0.1, 0.15) is 0 Å². The summed E-state index contributed by atoms with van der Waals surface area (Å²) in [5.74, 6) is 5.73. The van der Waals surface area contributed by atoms with E-state index in [-0.39, 0.29) is 11.2 Å². The topological polar surface area (TPSA) is 73.7 Å². The fourth-order valence-electron chi connectivity index (χ4n) is 1.59. The summed E-state index contributed by atoms with van der Waals surface area (Å²) in [6.07, 6.45) is 0. The average molecular weight is 227 g/mol. The molecule has 0 unspecified atom stereocenters. The molecule has 1 aliphatic heterocycles. The van der Waals surface area contributed by atoms with Gasteiger partial charge in [0.15, 0.2) is 0 Å². The van der Waals surface area contributed by atoms with Gasteiger partial charge in [-0.05, 0) is 34.6 Å². The van der Waals surface area contributed by atoms with Gasteiger partial charge in [-0.25, -0.2) is 5.84 Å². The zero-order valence-electron chi connectivity index (χ0n) is 11.0. The molecule has 6 heteroatoms. The Labute approximate surface area is 97.9 Å². The van der Waals surface area contributed by atoms with Crippen molar-refractivity contribution in [3.05, 3.63) is 11.3 Å². The summed E-state index contributed by atoms with van der Waals surface area (Å²) in [5.41, 5.74) is 6.30. The van der Waals surface area contributed by atoms with Crippen molar-refractivity contribution in [1.82, 2.24) is 5.01 Å². The summed E-state index contributed by atoms with van der Waals surface area (Å²) in [5, 5.41) is 1.44. The third-order valence-electron chi connectivity index (χ3n) is 3.26. The van der Waals surface area contributed by atoms with Crippen molar-refractivity contribution in [2.75, 3.05) is 7.05 Å². The second-order valence-electron chi connectivity index (χ2n) is 5.27. The second kappa shape index (κ2) is 3.94. The first kappa shape index (κ1) is 13.4. The summed E-state index contributed by atoms with van der Waals surface area (Å²) >= 11 is 0. The third-order valence-corrected chi connectivity index (χ3v) is 3.26. The highest BCUT2D eigenvalue weighted by Gasteiger charge is 2.53. The summed E-state index contributed by atoms with van der Waals surface area (Å²) in [6.45, 7) is 9.75. The average Bonchev–Trinajstić information content (AvgIpc) is 2.17. The van der Waals surface area contributed by atoms with Gasteiger partial charge in [-0.1, -0.05) is 0 Å². The lowest BCUT2D eigenvalue weighted by Gasteiger charge is -2.32. The lowest BCUT2D eigenvalue weighted by molar-refractivity contribution is 0.00578. The van der Waals surface area contributed by atoms with Crippen molar-refractivity contribution in [2.45, 2.75) is 45.8 Å². The van der Waals surface area contributed by atoms with Crippen LogP contribution >= 0.6 is 0 Å². The fraction of sp³-hybridized carbons (Fsp3) is 0.800. The Morgan fingerprint density at radius 3 is 1.75 bits per heavy atom. The molecule has 0 atom stereocenters. The molecule has 4 N–H and O–H groups in total. The van der Waals surface area contributed by atoms with Gasteiger partial charge in [-0.15, -0.1) is 0 Å². The van der Waals surface area contributed by atoms with E-state index in [1.165, 1.54) is 5.01 Å². The van der Waals surface area contributed by atoms with E-state index in [4.69, 9.17) is 20.9 Å². The van der Waals surface area contributed by atoms with Crippen LogP contribution in [0, 0.1) is 0 Å². The smallest absolute Gasteiger partial charge is 0.401 e. The van der Waals surface area contributed by atoms with Crippen molar-refractivity contribution in [2.24, 2.45) is 11.6 Å². The molecule has 1 fully saturated rings. The first-order valence-corrected chi connectivity index (χ1v) is 5.39. The molecule has 0 bridgehead atoms. The third kappa shape index (κ3) is 2.19. The molecule has 0 saturated carbocycles. The maximum absolute atomic E-state index is 5.87. The van der Waals surface area contributed by atoms with Gasteiger partial charge in [-0.2, -0.15) is 0 Å². The molecule has 92 valence electrons. The minimum Gasteiger partial charge on any atom is -0.401 e. The molecule has 0 aliphatic carbocycles. The quantitative estimate of drug-likeness (QED) is 0.411. The summed E-state index contributed by atoms with van der Waals surface area (Å²) in [4.78, 5) is 0. The molecule has 0 aromatic heterocycles. The Balaban J connectivity index is 3.00. The van der Waals surface area contributed by atoms with Gasteiger partial charge in [0.2, 0.25) is 0 Å². The fourth-order valence-corrected chi connectivity index (χ4v) is 1.59. The van der Waals surface area contributed by atoms with Gasteiger partial charge in [0.05, 0.1) is 16.8 Å². The van der Waals surface area contributed by atoms with Crippen LogP contribution in [0.15, 0.2) is 11.3 Å². The van der Waals surface area contributed by atoms with Crippen LogP contribution < -0.4 is 11.6 Å². The Bertz CT molecular complexity index is 293. The van der Waals surface area contributed by atoms with Crippen molar-refractivity contribution in [1.29, 1.82) is 0 Å². The molecule has 1 aliphatic rings. The summed E-state index contributed by atoms with van der Waals surface area (Å²) in [6, 6.07) is 0. The predicted molar refractivity (Wildman–Crippen MR) is 64.9 cm³/mol. The highest BCUT2D eigenvalue weighted by molar-refractivity contribution is 6.54. The monoisotopic (exact) mass is 227 g/mol. The van der Waals surface area contributed by atoms with Gasteiger partial charge in [-0.3, -0.25) is 0 Å². The van der Waals surface area contributed by atoms with Crippen LogP contribution in [-0.2, 0) is 9.31 Å². The zero-order valence-corrected chi connectivity index (χ0v) is 11.0. The van der Waals surface area contributed by atoms with Gasteiger partial charge in [0.25, 0.3) is 0 Å². The number of nitrogens with zero attached hydrogens (tertiary/aromatic N) is 1. The molecule has 1 rings (SSSR count). The lowest BCUT2D eigenvalue weighted by atomic mass is 9.82. The Morgan fingerprint density at radius 2 is 1.50 bits per heavy atom. The van der Waals surface area contributed by atoms with Gasteiger partial charge < -0.3 is 20.1 Å². The van der Waals surface area contributed by atoms with Crippen LogP contribution in [0.2, 0.25) is 0 Å². The number of rotatable bonds is 2. The van der Waals surface area contributed by atoms with Crippen LogP contribution in [0.3, 0.4) is 0 Å². The number of hydrazine groups is 1. The lowest BCUT2D eigenvalue weighted by Crippen LogP contribution is -2.41. The largest absolute Gasteiger partial charge is 0.515 e. The van der Waals surface area contributed by atoms with Crippen LogP contribution in [0.5, 0.6) is 0 Å². The molecule has 16 heavy (non-hydrogen) atoms. The molecule has 1 heterocycles. The van der Waals surface area contributed by atoms with Crippen molar-refractivity contribution >= 4 is 7.12 Å². The van der Waals surface area contributed by atoms with Crippen molar-refractivity contribution in [3.8, 4) is 0 Å². The van der Waals surface area contributed by atoms with E-state index in [0.29, 0.717) is 11.3 Å². The first-order chi connectivity index (χ1) is 7.08. The van der Waals surface area contributed by atoms with Crippen molar-refractivity contribution in [3.63, 3.8) is 0 Å². The number of allylic oxidation sites excluding steroid dienone is 1. The molecule has 0 aromatic rings. The Hall–Kier alpha value is -0.715. The van der Waals surface area contributed by atoms with Crippen LogP contribution in [-0.4, -0.2) is 30.4 Å². The van der Waals surface area contributed by atoms with E-state index in [1.54, 1.807) is 14.0 Å². The maximum Gasteiger partial charge on any atom is 0.515 e. The Morgan fingerprint density at radius 1 is 1.12 bits per heavy atom. The molecule has 0 aromatic carbocycles. The number of nitrogens with two attached hydrogens (primary N) is 2. The van der Waals surface area contributed by atoms with E-state index in [0.717, 1.165) is 0 Å².